The summed E-state index contributed by atoms with van der Waals surface area (Å²) in [5, 5.41) is 3.05. The fraction of sp³-hybridized carbons (Fsp3) is 0.478. The van der Waals surface area contributed by atoms with E-state index in [1.807, 2.05) is 29.2 Å². The first kappa shape index (κ1) is 21.6. The number of morpholine rings is 1. The van der Waals surface area contributed by atoms with E-state index in [9.17, 15) is 9.59 Å². The summed E-state index contributed by atoms with van der Waals surface area (Å²) < 4.78 is 16.0. The van der Waals surface area contributed by atoms with Crippen LogP contribution in [0.4, 0.5) is 0 Å². The van der Waals surface area contributed by atoms with Crippen molar-refractivity contribution in [3.63, 3.8) is 0 Å². The summed E-state index contributed by atoms with van der Waals surface area (Å²) >= 11 is 1.58. The number of benzene rings is 1. The van der Waals surface area contributed by atoms with Gasteiger partial charge < -0.3 is 24.4 Å². The van der Waals surface area contributed by atoms with E-state index in [0.29, 0.717) is 50.8 Å². The van der Waals surface area contributed by atoms with Crippen LogP contribution >= 0.6 is 11.3 Å². The number of amides is 2. The quantitative estimate of drug-likeness (QED) is 0.741. The summed E-state index contributed by atoms with van der Waals surface area (Å²) in [6.07, 6.45) is 2.30. The van der Waals surface area contributed by atoms with Crippen LogP contribution in [0.2, 0.25) is 0 Å². The third-order valence-corrected chi connectivity index (χ3v) is 7.14. The van der Waals surface area contributed by atoms with Crippen molar-refractivity contribution >= 4 is 23.2 Å². The van der Waals surface area contributed by atoms with Crippen molar-refractivity contribution < 1.29 is 23.8 Å². The molecule has 1 fully saturated rings. The van der Waals surface area contributed by atoms with E-state index in [-0.39, 0.29) is 17.7 Å². The molecule has 0 radical (unpaired) electrons. The van der Waals surface area contributed by atoms with Gasteiger partial charge in [-0.2, -0.15) is 0 Å². The second kappa shape index (κ2) is 9.70. The molecule has 2 aromatic rings. The number of hydrogen-bond donors (Lipinski definition) is 1. The lowest BCUT2D eigenvalue weighted by Gasteiger charge is -2.26. The van der Waals surface area contributed by atoms with Crippen molar-refractivity contribution in [1.82, 2.24) is 10.2 Å². The van der Waals surface area contributed by atoms with Crippen LogP contribution in [0, 0.1) is 5.92 Å². The first-order valence-electron chi connectivity index (χ1n) is 10.6. The molecule has 2 aliphatic rings. The lowest BCUT2D eigenvalue weighted by atomic mass is 9.87. The highest BCUT2D eigenvalue weighted by molar-refractivity contribution is 7.14. The lowest BCUT2D eigenvalue weighted by molar-refractivity contribution is -0.125. The van der Waals surface area contributed by atoms with Gasteiger partial charge in [-0.3, -0.25) is 9.59 Å². The molecular formula is C23H28N2O5S. The predicted molar refractivity (Wildman–Crippen MR) is 118 cm³/mol. The van der Waals surface area contributed by atoms with Crippen LogP contribution in [-0.2, 0) is 28.9 Å². The maximum absolute atomic E-state index is 12.8. The number of rotatable bonds is 6. The van der Waals surface area contributed by atoms with Crippen LogP contribution in [0.1, 0.15) is 32.1 Å². The van der Waals surface area contributed by atoms with Crippen LogP contribution in [0.25, 0.3) is 0 Å². The molecule has 166 valence electrons. The van der Waals surface area contributed by atoms with Gasteiger partial charge in [-0.1, -0.05) is 0 Å². The molecule has 2 heterocycles. The smallest absolute Gasteiger partial charge is 0.264 e. The first-order chi connectivity index (χ1) is 15.1. The van der Waals surface area contributed by atoms with Crippen molar-refractivity contribution in [2.75, 3.05) is 40.5 Å². The van der Waals surface area contributed by atoms with E-state index < -0.39 is 0 Å². The average molecular weight is 445 g/mol. The Balaban J connectivity index is 1.37. The third-order valence-electron chi connectivity index (χ3n) is 5.91. The fourth-order valence-corrected chi connectivity index (χ4v) is 5.28. The number of methoxy groups -OCH3 is 2. The molecule has 1 aromatic heterocycles. The largest absolute Gasteiger partial charge is 0.497 e. The van der Waals surface area contributed by atoms with Gasteiger partial charge in [-0.25, -0.2) is 0 Å². The molecule has 4 rings (SSSR count). The SMILES string of the molecule is COc1ccc(CNC(=O)[C@@H]2CCc3sc(C(=O)N4CCOCC4)cc3C2)c(OC)c1. The van der Waals surface area contributed by atoms with E-state index >= 15 is 0 Å². The zero-order valence-corrected chi connectivity index (χ0v) is 18.8. The number of aryl methyl sites for hydroxylation is 1. The van der Waals surface area contributed by atoms with Crippen molar-refractivity contribution in [1.29, 1.82) is 0 Å². The third kappa shape index (κ3) is 4.85. The van der Waals surface area contributed by atoms with E-state index in [4.69, 9.17) is 14.2 Å². The number of carbonyl (C=O) groups excluding carboxylic acids is 2. The Bertz CT molecular complexity index is 951. The monoisotopic (exact) mass is 444 g/mol. The Morgan fingerprint density at radius 1 is 1.19 bits per heavy atom. The number of thiophene rings is 1. The number of hydrogen-bond acceptors (Lipinski definition) is 6. The molecule has 31 heavy (non-hydrogen) atoms. The standard InChI is InChI=1S/C23H28N2O5S/c1-28-18-5-3-16(19(13-18)29-2)14-24-22(26)15-4-6-20-17(11-15)12-21(31-20)23(27)25-7-9-30-10-8-25/h3,5,12-13,15H,4,6-11,14H2,1-2H3,(H,24,26)/t15-/m1/s1. The summed E-state index contributed by atoms with van der Waals surface area (Å²) in [6.45, 7) is 2.87. The second-order valence-corrected chi connectivity index (χ2v) is 8.94. The molecule has 0 saturated carbocycles. The summed E-state index contributed by atoms with van der Waals surface area (Å²) in [5.41, 5.74) is 2.04. The van der Waals surface area contributed by atoms with Gasteiger partial charge in [0.1, 0.15) is 11.5 Å². The van der Waals surface area contributed by atoms with Gasteiger partial charge >= 0.3 is 0 Å². The lowest BCUT2D eigenvalue weighted by Crippen LogP contribution is -2.40. The zero-order valence-electron chi connectivity index (χ0n) is 17.9. The van der Waals surface area contributed by atoms with Crippen LogP contribution in [0.3, 0.4) is 0 Å². The van der Waals surface area contributed by atoms with E-state index in [0.717, 1.165) is 28.8 Å². The Labute approximate surface area is 186 Å². The van der Waals surface area contributed by atoms with Gasteiger partial charge in [-0.05, 0) is 43.0 Å². The molecule has 1 aromatic carbocycles. The van der Waals surface area contributed by atoms with Gasteiger partial charge in [-0.15, -0.1) is 11.3 Å². The number of nitrogens with one attached hydrogen (secondary N) is 1. The molecule has 0 unspecified atom stereocenters. The minimum absolute atomic E-state index is 0.0378. The fourth-order valence-electron chi connectivity index (χ4n) is 4.10. The van der Waals surface area contributed by atoms with Crippen molar-refractivity contribution in [2.45, 2.75) is 25.8 Å². The molecule has 2 amide bonds. The Hall–Kier alpha value is -2.58. The molecule has 1 aliphatic heterocycles. The van der Waals surface area contributed by atoms with Crippen molar-refractivity contribution in [3.8, 4) is 11.5 Å². The number of carbonyl (C=O) groups is 2. The van der Waals surface area contributed by atoms with Gasteiger partial charge in [0.2, 0.25) is 5.91 Å². The molecule has 8 heteroatoms. The van der Waals surface area contributed by atoms with Crippen LogP contribution in [-0.4, -0.2) is 57.2 Å². The van der Waals surface area contributed by atoms with E-state index in [2.05, 4.69) is 5.32 Å². The maximum atomic E-state index is 12.8. The normalized spacial score (nSPS) is 18.3. The molecule has 1 atom stereocenters. The van der Waals surface area contributed by atoms with Crippen LogP contribution in [0.5, 0.6) is 11.5 Å². The maximum Gasteiger partial charge on any atom is 0.264 e. The number of nitrogens with zero attached hydrogens (tertiary/aromatic N) is 1. The predicted octanol–water partition coefficient (Wildman–Crippen LogP) is 2.66. The zero-order chi connectivity index (χ0) is 21.8. The molecule has 0 spiro atoms. The topological polar surface area (TPSA) is 77.1 Å². The molecule has 1 saturated heterocycles. The average Bonchev–Trinajstić information content (AvgIpc) is 3.25. The van der Waals surface area contributed by atoms with E-state index in [1.165, 1.54) is 4.88 Å². The van der Waals surface area contributed by atoms with Gasteiger partial charge in [0.25, 0.3) is 5.91 Å². The Morgan fingerprint density at radius 2 is 2.00 bits per heavy atom. The van der Waals surface area contributed by atoms with Gasteiger partial charge in [0.15, 0.2) is 0 Å². The molecule has 0 bridgehead atoms. The molecule has 1 N–H and O–H groups in total. The Kier molecular flexibility index (Phi) is 6.77. The van der Waals surface area contributed by atoms with Gasteiger partial charge in [0.05, 0.1) is 32.3 Å². The minimum atomic E-state index is -0.0855. The molecule has 7 nitrogen and oxygen atoms in total. The van der Waals surface area contributed by atoms with Crippen molar-refractivity contribution in [3.05, 3.63) is 45.1 Å². The highest BCUT2D eigenvalue weighted by atomic mass is 32.1. The Morgan fingerprint density at radius 3 is 2.74 bits per heavy atom. The number of ether oxygens (including phenoxy) is 3. The van der Waals surface area contributed by atoms with Crippen molar-refractivity contribution in [2.24, 2.45) is 5.92 Å². The summed E-state index contributed by atoms with van der Waals surface area (Å²) in [4.78, 5) is 29.5. The highest BCUT2D eigenvalue weighted by Crippen LogP contribution is 2.33. The van der Waals surface area contributed by atoms with Crippen LogP contribution in [0.15, 0.2) is 24.3 Å². The highest BCUT2D eigenvalue weighted by Gasteiger charge is 2.29. The van der Waals surface area contributed by atoms with Crippen LogP contribution < -0.4 is 14.8 Å². The van der Waals surface area contributed by atoms with E-state index in [1.54, 1.807) is 25.6 Å². The summed E-state index contributed by atoms with van der Waals surface area (Å²) in [6, 6.07) is 7.56. The minimum Gasteiger partial charge on any atom is -0.497 e. The number of fused-ring (bicyclic) bond motifs is 1. The summed E-state index contributed by atoms with van der Waals surface area (Å²) in [7, 11) is 3.22. The second-order valence-electron chi connectivity index (χ2n) is 7.80. The molecule has 1 aliphatic carbocycles. The van der Waals surface area contributed by atoms with Gasteiger partial charge in [0, 0.05) is 42.1 Å². The molecular weight excluding hydrogens is 416 g/mol. The first-order valence-corrected chi connectivity index (χ1v) is 11.4. The summed E-state index contributed by atoms with van der Waals surface area (Å²) in [5.74, 6) is 1.44.